The third-order valence-corrected chi connectivity index (χ3v) is 4.68. The first-order valence-corrected chi connectivity index (χ1v) is 8.73. The number of hydrogen-bond donors (Lipinski definition) is 2. The molecule has 18 heavy (non-hydrogen) atoms. The summed E-state index contributed by atoms with van der Waals surface area (Å²) in [6.45, 7) is 1.88. The summed E-state index contributed by atoms with van der Waals surface area (Å²) < 4.78 is 1.35. The largest absolute Gasteiger partial charge is 0.356 e. The van der Waals surface area contributed by atoms with Crippen LogP contribution >= 0.6 is 69.7 Å². The van der Waals surface area contributed by atoms with Crippen LogP contribution in [0.15, 0.2) is 17.1 Å². The zero-order valence-corrected chi connectivity index (χ0v) is 16.7. The fourth-order valence-corrected chi connectivity index (χ4v) is 3.34. The Morgan fingerprint density at radius 2 is 2.11 bits per heavy atom. The monoisotopic (exact) mass is 511 g/mol. The van der Waals surface area contributed by atoms with Crippen LogP contribution < -0.4 is 10.6 Å². The lowest BCUT2D eigenvalue weighted by Gasteiger charge is -2.10. The molecule has 7 heteroatoms. The fraction of sp³-hybridized carbons (Fsp3) is 0.545. The van der Waals surface area contributed by atoms with Gasteiger partial charge in [0.1, 0.15) is 0 Å². The quantitative estimate of drug-likeness (QED) is 0.267. The molecule has 1 rings (SSSR count). The molecule has 0 saturated heterocycles. The number of rotatable bonds is 6. The molecule has 0 aromatic carbocycles. The fourth-order valence-electron chi connectivity index (χ4n) is 1.28. The van der Waals surface area contributed by atoms with E-state index in [1.165, 1.54) is 7.76 Å². The molecule has 0 saturated carbocycles. The van der Waals surface area contributed by atoms with Crippen molar-refractivity contribution < 1.29 is 0 Å². The van der Waals surface area contributed by atoms with Gasteiger partial charge in [0.05, 0.1) is 2.88 Å². The molecule has 0 amide bonds. The Morgan fingerprint density at radius 3 is 2.67 bits per heavy atom. The lowest BCUT2D eigenvalue weighted by atomic mass is 10.3. The SMILES string of the molecule is CN=C(NCCSC)NCCc1ccc(I)s1.I. The molecule has 0 fully saturated rings. The lowest BCUT2D eigenvalue weighted by molar-refractivity contribution is 0.818. The summed E-state index contributed by atoms with van der Waals surface area (Å²) in [5.41, 5.74) is 0. The summed E-state index contributed by atoms with van der Waals surface area (Å²) in [6.07, 6.45) is 3.16. The summed E-state index contributed by atoms with van der Waals surface area (Å²) in [5, 5.41) is 6.60. The van der Waals surface area contributed by atoms with Crippen LogP contribution in [0.25, 0.3) is 0 Å². The molecule has 0 aliphatic rings. The molecular weight excluding hydrogens is 492 g/mol. The Morgan fingerprint density at radius 1 is 1.39 bits per heavy atom. The van der Waals surface area contributed by atoms with Crippen LogP contribution in [0.5, 0.6) is 0 Å². The molecule has 0 spiro atoms. The maximum atomic E-state index is 4.18. The standard InChI is InChI=1S/C11H18IN3S2.HI/c1-13-11(15-7-8-16-2)14-6-5-9-3-4-10(12)17-9;/h3-4H,5-8H2,1-2H3,(H2,13,14,15);1H. The molecule has 0 unspecified atom stereocenters. The molecule has 0 aliphatic carbocycles. The molecule has 1 heterocycles. The second-order valence-electron chi connectivity index (χ2n) is 3.37. The molecule has 3 nitrogen and oxygen atoms in total. The Bertz CT molecular complexity index is 356. The summed E-state index contributed by atoms with van der Waals surface area (Å²) in [4.78, 5) is 5.60. The van der Waals surface area contributed by atoms with E-state index in [1.54, 1.807) is 0 Å². The van der Waals surface area contributed by atoms with Crippen LogP contribution in [0.4, 0.5) is 0 Å². The van der Waals surface area contributed by atoms with E-state index in [0.29, 0.717) is 0 Å². The topological polar surface area (TPSA) is 36.4 Å². The van der Waals surface area contributed by atoms with E-state index in [2.05, 4.69) is 56.6 Å². The van der Waals surface area contributed by atoms with Crippen LogP contribution in [0.1, 0.15) is 4.88 Å². The predicted octanol–water partition coefficient (Wildman–Crippen LogP) is 3.04. The highest BCUT2D eigenvalue weighted by Crippen LogP contribution is 2.18. The highest BCUT2D eigenvalue weighted by atomic mass is 127. The zero-order chi connectivity index (χ0) is 12.5. The molecule has 0 radical (unpaired) electrons. The zero-order valence-electron chi connectivity index (χ0n) is 10.5. The van der Waals surface area contributed by atoms with E-state index in [1.807, 2.05) is 30.1 Å². The second kappa shape index (κ2) is 11.6. The van der Waals surface area contributed by atoms with Crippen LogP contribution in [0.2, 0.25) is 0 Å². The van der Waals surface area contributed by atoms with Gasteiger partial charge in [0.2, 0.25) is 0 Å². The van der Waals surface area contributed by atoms with Crippen molar-refractivity contribution in [2.75, 3.05) is 32.1 Å². The van der Waals surface area contributed by atoms with Gasteiger partial charge >= 0.3 is 0 Å². The first-order valence-electron chi connectivity index (χ1n) is 5.44. The van der Waals surface area contributed by atoms with E-state index < -0.39 is 0 Å². The predicted molar refractivity (Wildman–Crippen MR) is 104 cm³/mol. The Balaban J connectivity index is 0.00000289. The van der Waals surface area contributed by atoms with Gasteiger partial charge in [-0.3, -0.25) is 4.99 Å². The van der Waals surface area contributed by atoms with Crippen LogP contribution in [-0.2, 0) is 6.42 Å². The Hall–Kier alpha value is 0.780. The summed E-state index contributed by atoms with van der Waals surface area (Å²) in [5.74, 6) is 1.99. The molecule has 0 aliphatic heterocycles. The van der Waals surface area contributed by atoms with Gasteiger partial charge in [0.15, 0.2) is 5.96 Å². The van der Waals surface area contributed by atoms with Gasteiger partial charge in [-0.2, -0.15) is 11.8 Å². The number of halogens is 2. The molecular formula is C11H19I2N3S2. The van der Waals surface area contributed by atoms with Gasteiger partial charge in [0.25, 0.3) is 0 Å². The van der Waals surface area contributed by atoms with Crippen molar-refractivity contribution in [1.29, 1.82) is 0 Å². The van der Waals surface area contributed by atoms with Crippen molar-refractivity contribution in [3.63, 3.8) is 0 Å². The molecule has 0 bridgehead atoms. The van der Waals surface area contributed by atoms with Gasteiger partial charge in [-0.25, -0.2) is 0 Å². The number of thiophene rings is 1. The average Bonchev–Trinajstić information content (AvgIpc) is 2.73. The van der Waals surface area contributed by atoms with Gasteiger partial charge in [-0.1, -0.05) is 0 Å². The average molecular weight is 511 g/mol. The third-order valence-electron chi connectivity index (χ3n) is 2.11. The smallest absolute Gasteiger partial charge is 0.191 e. The van der Waals surface area contributed by atoms with Crippen molar-refractivity contribution in [2.24, 2.45) is 4.99 Å². The number of thioether (sulfide) groups is 1. The summed E-state index contributed by atoms with van der Waals surface area (Å²) in [6, 6.07) is 4.35. The Kier molecular flexibility index (Phi) is 12.1. The normalized spacial score (nSPS) is 10.9. The first-order chi connectivity index (χ1) is 8.26. The number of nitrogens with zero attached hydrogens (tertiary/aromatic N) is 1. The highest BCUT2D eigenvalue weighted by molar-refractivity contribution is 14.1. The van der Waals surface area contributed by atoms with Gasteiger partial charge in [-0.15, -0.1) is 35.3 Å². The van der Waals surface area contributed by atoms with Crippen LogP contribution in [-0.4, -0.2) is 38.1 Å². The van der Waals surface area contributed by atoms with Crippen LogP contribution in [0, 0.1) is 2.88 Å². The van der Waals surface area contributed by atoms with E-state index in [0.717, 1.165) is 31.2 Å². The maximum Gasteiger partial charge on any atom is 0.191 e. The highest BCUT2D eigenvalue weighted by Gasteiger charge is 1.99. The lowest BCUT2D eigenvalue weighted by Crippen LogP contribution is -2.39. The van der Waals surface area contributed by atoms with Crippen molar-refractivity contribution in [3.8, 4) is 0 Å². The van der Waals surface area contributed by atoms with E-state index in [4.69, 9.17) is 0 Å². The van der Waals surface area contributed by atoms with E-state index in [9.17, 15) is 0 Å². The Labute approximate surface area is 148 Å². The minimum atomic E-state index is 0. The summed E-state index contributed by atoms with van der Waals surface area (Å²) >= 11 is 6.04. The van der Waals surface area contributed by atoms with Crippen molar-refractivity contribution >= 4 is 75.6 Å². The third kappa shape index (κ3) is 8.05. The minimum absolute atomic E-state index is 0. The number of nitrogens with one attached hydrogen (secondary N) is 2. The molecule has 0 atom stereocenters. The minimum Gasteiger partial charge on any atom is -0.356 e. The number of aliphatic imine (C=N–C) groups is 1. The van der Waals surface area contributed by atoms with Gasteiger partial charge < -0.3 is 10.6 Å². The van der Waals surface area contributed by atoms with Gasteiger partial charge in [0, 0.05) is 30.8 Å². The van der Waals surface area contributed by atoms with Crippen molar-refractivity contribution in [2.45, 2.75) is 6.42 Å². The molecule has 104 valence electrons. The maximum absolute atomic E-state index is 4.18. The molecule has 1 aromatic heterocycles. The second-order valence-corrected chi connectivity index (χ2v) is 7.42. The number of hydrogen-bond acceptors (Lipinski definition) is 3. The first kappa shape index (κ1) is 18.8. The van der Waals surface area contributed by atoms with Crippen LogP contribution in [0.3, 0.4) is 0 Å². The van der Waals surface area contributed by atoms with Crippen molar-refractivity contribution in [3.05, 3.63) is 19.9 Å². The van der Waals surface area contributed by atoms with E-state index in [-0.39, 0.29) is 24.0 Å². The molecule has 1 aromatic rings. The molecule has 2 N–H and O–H groups in total. The summed E-state index contributed by atoms with van der Waals surface area (Å²) in [7, 11) is 1.81. The van der Waals surface area contributed by atoms with Gasteiger partial charge in [-0.05, 0) is 47.4 Å². The van der Waals surface area contributed by atoms with Crippen molar-refractivity contribution in [1.82, 2.24) is 10.6 Å². The van der Waals surface area contributed by atoms with E-state index >= 15 is 0 Å². The number of guanidine groups is 1.